The molecule has 1 amide bonds. The minimum Gasteiger partial charge on any atom is -0.301 e. The molecular weight excluding hydrogens is 270 g/mol. The highest BCUT2D eigenvalue weighted by Crippen LogP contribution is 2.16. The number of carbonyl (C=O) groups excluding carboxylic acids is 1. The van der Waals surface area contributed by atoms with Crippen LogP contribution in [0.25, 0.3) is 0 Å². The minimum absolute atomic E-state index is 0.0646. The summed E-state index contributed by atoms with van der Waals surface area (Å²) in [4.78, 5) is 11.7. The number of amides is 1. The summed E-state index contributed by atoms with van der Waals surface area (Å²) in [5.74, 6) is 0.0646. The van der Waals surface area contributed by atoms with Crippen molar-refractivity contribution >= 4 is 22.4 Å². The molecule has 0 unspecified atom stereocenters. The number of aryl methyl sites for hydroxylation is 1. The van der Waals surface area contributed by atoms with Crippen LogP contribution in [0, 0.1) is 0 Å². The summed E-state index contributed by atoms with van der Waals surface area (Å²) in [7, 11) is 0. The molecule has 1 aromatic rings. The number of carbonyl (C=O) groups is 1. The van der Waals surface area contributed by atoms with E-state index in [1.807, 2.05) is 6.92 Å². The van der Waals surface area contributed by atoms with Gasteiger partial charge in [-0.1, -0.05) is 70.1 Å². The zero-order valence-electron chi connectivity index (χ0n) is 12.8. The van der Waals surface area contributed by atoms with E-state index < -0.39 is 0 Å². The molecule has 0 bridgehead atoms. The second-order valence-corrected chi connectivity index (χ2v) is 6.19. The molecule has 1 rings (SSSR count). The van der Waals surface area contributed by atoms with Crippen molar-refractivity contribution in [1.29, 1.82) is 0 Å². The highest BCUT2D eigenvalue weighted by Gasteiger charge is 2.06. The second kappa shape index (κ2) is 10.8. The first-order valence-electron chi connectivity index (χ1n) is 7.88. The number of anilines is 1. The van der Waals surface area contributed by atoms with Gasteiger partial charge in [-0.3, -0.25) is 4.79 Å². The first-order valence-corrected chi connectivity index (χ1v) is 8.70. The predicted molar refractivity (Wildman–Crippen MR) is 85.1 cm³/mol. The molecule has 0 aliphatic heterocycles. The maximum atomic E-state index is 11.7. The maximum absolute atomic E-state index is 11.7. The first kappa shape index (κ1) is 17.1. The van der Waals surface area contributed by atoms with E-state index in [9.17, 15) is 4.79 Å². The molecule has 0 aromatic carbocycles. The van der Waals surface area contributed by atoms with Gasteiger partial charge in [-0.2, -0.15) is 0 Å². The summed E-state index contributed by atoms with van der Waals surface area (Å²) in [6, 6.07) is 0. The second-order valence-electron chi connectivity index (χ2n) is 5.13. The van der Waals surface area contributed by atoms with E-state index in [0.717, 1.165) is 24.3 Å². The summed E-state index contributed by atoms with van der Waals surface area (Å²) < 4.78 is 0. The van der Waals surface area contributed by atoms with E-state index >= 15 is 0 Å². The minimum atomic E-state index is 0.0646. The Balaban J connectivity index is 2.00. The van der Waals surface area contributed by atoms with Gasteiger partial charge in [0.25, 0.3) is 0 Å². The van der Waals surface area contributed by atoms with Crippen LogP contribution in [-0.4, -0.2) is 16.1 Å². The number of unbranched alkanes of at least 4 members (excludes halogenated alkanes) is 7. The Labute approximate surface area is 126 Å². The zero-order chi connectivity index (χ0) is 14.6. The van der Waals surface area contributed by atoms with Crippen LogP contribution >= 0.6 is 11.3 Å². The summed E-state index contributed by atoms with van der Waals surface area (Å²) in [6.45, 7) is 4.27. The van der Waals surface area contributed by atoms with Crippen LogP contribution in [0.5, 0.6) is 0 Å². The fraction of sp³-hybridized carbons (Fsp3) is 0.800. The van der Waals surface area contributed by atoms with Gasteiger partial charge in [0.2, 0.25) is 11.0 Å². The lowest BCUT2D eigenvalue weighted by Crippen LogP contribution is -2.10. The lowest BCUT2D eigenvalue weighted by atomic mass is 10.1. The van der Waals surface area contributed by atoms with Crippen LogP contribution in [0.4, 0.5) is 5.13 Å². The van der Waals surface area contributed by atoms with Crippen LogP contribution in [0.2, 0.25) is 0 Å². The molecule has 1 heterocycles. The van der Waals surface area contributed by atoms with Crippen molar-refractivity contribution in [1.82, 2.24) is 10.2 Å². The molecule has 1 N–H and O–H groups in total. The number of nitrogens with one attached hydrogen (secondary N) is 1. The number of nitrogens with zero attached hydrogens (tertiary/aromatic N) is 2. The molecule has 1 aromatic heterocycles. The topological polar surface area (TPSA) is 54.9 Å². The van der Waals surface area contributed by atoms with Gasteiger partial charge in [-0.15, -0.1) is 10.2 Å². The predicted octanol–water partition coefficient (Wildman–Crippen LogP) is 4.57. The Bertz CT molecular complexity index is 379. The van der Waals surface area contributed by atoms with Gasteiger partial charge in [0.05, 0.1) is 0 Å². The summed E-state index contributed by atoms with van der Waals surface area (Å²) >= 11 is 1.46. The molecule has 0 spiro atoms. The molecule has 0 aliphatic rings. The monoisotopic (exact) mass is 297 g/mol. The highest BCUT2D eigenvalue weighted by molar-refractivity contribution is 7.15. The Kier molecular flexibility index (Phi) is 9.20. The van der Waals surface area contributed by atoms with Crippen LogP contribution in [0.3, 0.4) is 0 Å². The molecule has 114 valence electrons. The van der Waals surface area contributed by atoms with E-state index in [0.29, 0.717) is 11.6 Å². The van der Waals surface area contributed by atoms with Crippen molar-refractivity contribution in [2.75, 3.05) is 5.32 Å². The van der Waals surface area contributed by atoms with Gasteiger partial charge in [0.1, 0.15) is 5.01 Å². The average Bonchev–Trinajstić information content (AvgIpc) is 2.89. The number of aromatic nitrogens is 2. The van der Waals surface area contributed by atoms with Gasteiger partial charge in [-0.05, 0) is 12.8 Å². The third-order valence-electron chi connectivity index (χ3n) is 3.27. The fourth-order valence-corrected chi connectivity index (χ4v) is 2.74. The Morgan fingerprint density at radius 3 is 2.25 bits per heavy atom. The van der Waals surface area contributed by atoms with Crippen LogP contribution in [0.15, 0.2) is 0 Å². The van der Waals surface area contributed by atoms with Crippen molar-refractivity contribution in [3.05, 3.63) is 5.01 Å². The van der Waals surface area contributed by atoms with Crippen molar-refractivity contribution in [2.45, 2.75) is 78.1 Å². The molecular formula is C15H27N3OS. The molecule has 4 nitrogen and oxygen atoms in total. The van der Waals surface area contributed by atoms with Crippen molar-refractivity contribution in [3.63, 3.8) is 0 Å². The molecule has 0 radical (unpaired) electrons. The Morgan fingerprint density at radius 1 is 1.00 bits per heavy atom. The molecule has 0 saturated heterocycles. The molecule has 5 heteroatoms. The number of hydrogen-bond acceptors (Lipinski definition) is 4. The SMILES string of the molecule is CCCCCCCCCCC(=O)Nc1nnc(CC)s1. The highest BCUT2D eigenvalue weighted by atomic mass is 32.1. The summed E-state index contributed by atoms with van der Waals surface area (Å²) in [5, 5.41) is 12.4. The summed E-state index contributed by atoms with van der Waals surface area (Å²) in [5.41, 5.74) is 0. The quantitative estimate of drug-likeness (QED) is 0.609. The smallest absolute Gasteiger partial charge is 0.226 e. The maximum Gasteiger partial charge on any atom is 0.226 e. The van der Waals surface area contributed by atoms with Crippen molar-refractivity contribution < 1.29 is 4.79 Å². The standard InChI is InChI=1S/C15H27N3OS/c1-3-5-6-7-8-9-10-11-12-13(19)16-15-18-17-14(4-2)20-15/h3-12H2,1-2H3,(H,16,18,19). The third-order valence-corrected chi connectivity index (χ3v) is 4.26. The lowest BCUT2D eigenvalue weighted by Gasteiger charge is -2.02. The first-order chi connectivity index (χ1) is 9.76. The normalized spacial score (nSPS) is 10.7. The lowest BCUT2D eigenvalue weighted by molar-refractivity contribution is -0.116. The molecule has 0 atom stereocenters. The number of hydrogen-bond donors (Lipinski definition) is 1. The van der Waals surface area contributed by atoms with E-state index in [1.165, 1.54) is 49.9 Å². The molecule has 0 fully saturated rings. The van der Waals surface area contributed by atoms with Gasteiger partial charge >= 0.3 is 0 Å². The van der Waals surface area contributed by atoms with Gasteiger partial charge in [-0.25, -0.2) is 0 Å². The largest absolute Gasteiger partial charge is 0.301 e. The molecule has 0 aliphatic carbocycles. The van der Waals surface area contributed by atoms with Gasteiger partial charge < -0.3 is 5.32 Å². The Morgan fingerprint density at radius 2 is 1.65 bits per heavy atom. The van der Waals surface area contributed by atoms with E-state index in [1.54, 1.807) is 0 Å². The van der Waals surface area contributed by atoms with Gasteiger partial charge in [0, 0.05) is 6.42 Å². The summed E-state index contributed by atoms with van der Waals surface area (Å²) in [6.07, 6.45) is 11.5. The molecule has 20 heavy (non-hydrogen) atoms. The third kappa shape index (κ3) is 7.58. The molecule has 0 saturated carbocycles. The number of rotatable bonds is 11. The van der Waals surface area contributed by atoms with E-state index in [4.69, 9.17) is 0 Å². The van der Waals surface area contributed by atoms with E-state index in [-0.39, 0.29) is 5.91 Å². The van der Waals surface area contributed by atoms with Crippen molar-refractivity contribution in [3.8, 4) is 0 Å². The van der Waals surface area contributed by atoms with E-state index in [2.05, 4.69) is 22.4 Å². The van der Waals surface area contributed by atoms with Crippen LogP contribution in [0.1, 0.15) is 76.6 Å². The zero-order valence-corrected chi connectivity index (χ0v) is 13.6. The van der Waals surface area contributed by atoms with Crippen molar-refractivity contribution in [2.24, 2.45) is 0 Å². The fourth-order valence-electron chi connectivity index (χ4n) is 2.05. The van der Waals surface area contributed by atoms with Crippen LogP contribution < -0.4 is 5.32 Å². The van der Waals surface area contributed by atoms with Gasteiger partial charge in [0.15, 0.2) is 0 Å². The van der Waals surface area contributed by atoms with Crippen LogP contribution in [-0.2, 0) is 11.2 Å². The average molecular weight is 297 g/mol. The Hall–Kier alpha value is -0.970.